The van der Waals surface area contributed by atoms with Gasteiger partial charge in [0.2, 0.25) is 0 Å². The highest BCUT2D eigenvalue weighted by Gasteiger charge is 2.14. The molecule has 0 spiro atoms. The number of nitrogens with two attached hydrogens (primary N) is 1. The molecule has 0 unspecified atom stereocenters. The van der Waals surface area contributed by atoms with E-state index in [0.717, 1.165) is 16.5 Å². The molecule has 0 fully saturated rings. The second kappa shape index (κ2) is 5.92. The summed E-state index contributed by atoms with van der Waals surface area (Å²) in [7, 11) is 0. The minimum atomic E-state index is -0.496. The minimum absolute atomic E-state index is 0.0638. The van der Waals surface area contributed by atoms with Crippen molar-refractivity contribution in [3.05, 3.63) is 63.5 Å². The molecule has 4 nitrogen and oxygen atoms in total. The summed E-state index contributed by atoms with van der Waals surface area (Å²) in [5.41, 5.74) is 7.69. The van der Waals surface area contributed by atoms with Crippen molar-refractivity contribution in [2.75, 3.05) is 5.73 Å². The van der Waals surface area contributed by atoms with Crippen LogP contribution in [0.4, 0.5) is 15.8 Å². The first-order chi connectivity index (χ1) is 9.47. The normalized spacial score (nSPS) is 10.5. The summed E-state index contributed by atoms with van der Waals surface area (Å²) in [5, 5.41) is 10.9. The molecule has 6 heteroatoms. The Morgan fingerprint density at radius 3 is 2.70 bits per heavy atom. The molecule has 104 valence electrons. The third-order valence-electron chi connectivity index (χ3n) is 2.87. The maximum Gasteiger partial charge on any atom is 0.273 e. The Labute approximate surface area is 119 Å². The van der Waals surface area contributed by atoms with E-state index in [1.54, 1.807) is 6.07 Å². The lowest BCUT2D eigenvalue weighted by Crippen LogP contribution is -1.95. The number of thioether (sulfide) groups is 1. The maximum atomic E-state index is 13.2. The molecule has 0 atom stereocenters. The van der Waals surface area contributed by atoms with Crippen LogP contribution in [-0.4, -0.2) is 4.92 Å². The van der Waals surface area contributed by atoms with Crippen molar-refractivity contribution in [1.29, 1.82) is 0 Å². The molecule has 0 heterocycles. The number of anilines is 1. The predicted molar refractivity (Wildman–Crippen MR) is 78.2 cm³/mol. The van der Waals surface area contributed by atoms with Crippen LogP contribution >= 0.6 is 11.8 Å². The van der Waals surface area contributed by atoms with Gasteiger partial charge in [-0.15, -0.1) is 11.8 Å². The van der Waals surface area contributed by atoms with Gasteiger partial charge < -0.3 is 5.73 Å². The molecular weight excluding hydrogens is 279 g/mol. The first kappa shape index (κ1) is 14.3. The SMILES string of the molecule is Cc1cc(SCc2cc(F)ccc2[N+](=O)[O-])ccc1N. The molecule has 2 aromatic rings. The smallest absolute Gasteiger partial charge is 0.273 e. The summed E-state index contributed by atoms with van der Waals surface area (Å²) >= 11 is 1.41. The highest BCUT2D eigenvalue weighted by Crippen LogP contribution is 2.29. The number of rotatable bonds is 4. The van der Waals surface area contributed by atoms with Crippen molar-refractivity contribution in [2.24, 2.45) is 0 Å². The molecule has 0 bridgehead atoms. The number of hydrogen-bond donors (Lipinski definition) is 1. The lowest BCUT2D eigenvalue weighted by molar-refractivity contribution is -0.385. The third-order valence-corrected chi connectivity index (χ3v) is 3.92. The van der Waals surface area contributed by atoms with Gasteiger partial charge in [-0.3, -0.25) is 10.1 Å². The van der Waals surface area contributed by atoms with E-state index in [9.17, 15) is 14.5 Å². The number of nitro groups is 1. The first-order valence-electron chi connectivity index (χ1n) is 5.89. The monoisotopic (exact) mass is 292 g/mol. The largest absolute Gasteiger partial charge is 0.399 e. The van der Waals surface area contributed by atoms with E-state index in [-0.39, 0.29) is 5.69 Å². The molecule has 2 rings (SSSR count). The summed E-state index contributed by atoms with van der Waals surface area (Å²) in [6.07, 6.45) is 0. The highest BCUT2D eigenvalue weighted by atomic mass is 32.2. The molecule has 0 amide bonds. The fourth-order valence-corrected chi connectivity index (χ4v) is 2.72. The molecule has 0 aliphatic carbocycles. The van der Waals surface area contributed by atoms with Gasteiger partial charge in [0.25, 0.3) is 5.69 Å². The van der Waals surface area contributed by atoms with E-state index >= 15 is 0 Å². The summed E-state index contributed by atoms with van der Waals surface area (Å²) in [4.78, 5) is 11.3. The van der Waals surface area contributed by atoms with Crippen LogP contribution in [-0.2, 0) is 5.75 Å². The Morgan fingerprint density at radius 1 is 1.30 bits per heavy atom. The fourth-order valence-electron chi connectivity index (χ4n) is 1.75. The zero-order valence-electron chi connectivity index (χ0n) is 10.8. The summed E-state index contributed by atoms with van der Waals surface area (Å²) < 4.78 is 13.2. The van der Waals surface area contributed by atoms with Gasteiger partial charge in [-0.1, -0.05) is 0 Å². The number of aryl methyl sites for hydroxylation is 1. The Bertz CT molecular complexity index is 662. The van der Waals surface area contributed by atoms with E-state index < -0.39 is 10.7 Å². The van der Waals surface area contributed by atoms with Crippen LogP contribution in [0.5, 0.6) is 0 Å². The van der Waals surface area contributed by atoms with Crippen molar-refractivity contribution in [3.63, 3.8) is 0 Å². The van der Waals surface area contributed by atoms with Crippen LogP contribution in [0, 0.1) is 22.9 Å². The standard InChI is InChI=1S/C14H13FN2O2S/c1-9-6-12(3-4-13(9)16)20-8-10-7-11(15)2-5-14(10)17(18)19/h2-7H,8,16H2,1H3. The van der Waals surface area contributed by atoms with E-state index in [4.69, 9.17) is 5.73 Å². The molecule has 2 aromatic carbocycles. The van der Waals surface area contributed by atoms with E-state index in [1.807, 2.05) is 19.1 Å². The van der Waals surface area contributed by atoms with Gasteiger partial charge >= 0.3 is 0 Å². The molecule has 0 aliphatic heterocycles. The van der Waals surface area contributed by atoms with Crippen LogP contribution in [0.25, 0.3) is 0 Å². The average molecular weight is 292 g/mol. The van der Waals surface area contributed by atoms with Crippen molar-refractivity contribution >= 4 is 23.1 Å². The third kappa shape index (κ3) is 3.27. The summed E-state index contributed by atoms with van der Waals surface area (Å²) in [5.74, 6) is -0.142. The van der Waals surface area contributed by atoms with Crippen molar-refractivity contribution in [3.8, 4) is 0 Å². The van der Waals surface area contributed by atoms with Crippen molar-refractivity contribution in [1.82, 2.24) is 0 Å². The molecular formula is C14H13FN2O2S. The van der Waals surface area contributed by atoms with Crippen molar-refractivity contribution in [2.45, 2.75) is 17.6 Å². The lowest BCUT2D eigenvalue weighted by Gasteiger charge is -2.06. The topological polar surface area (TPSA) is 69.2 Å². The van der Waals surface area contributed by atoms with Gasteiger partial charge in [0.15, 0.2) is 0 Å². The average Bonchev–Trinajstić information content (AvgIpc) is 2.40. The zero-order valence-corrected chi connectivity index (χ0v) is 11.6. The van der Waals surface area contributed by atoms with Crippen LogP contribution in [0.1, 0.15) is 11.1 Å². The van der Waals surface area contributed by atoms with Gasteiger partial charge in [-0.2, -0.15) is 0 Å². The first-order valence-corrected chi connectivity index (χ1v) is 6.87. The molecule has 20 heavy (non-hydrogen) atoms. The maximum absolute atomic E-state index is 13.2. The summed E-state index contributed by atoms with van der Waals surface area (Å²) in [6, 6.07) is 9.04. The summed E-state index contributed by atoms with van der Waals surface area (Å²) in [6.45, 7) is 1.89. The van der Waals surface area contributed by atoms with Crippen LogP contribution in [0.15, 0.2) is 41.3 Å². The van der Waals surface area contributed by atoms with Gasteiger partial charge in [0, 0.05) is 28.0 Å². The van der Waals surface area contributed by atoms with E-state index in [2.05, 4.69) is 0 Å². The molecule has 0 saturated carbocycles. The number of benzene rings is 2. The number of nitro benzene ring substituents is 1. The number of nitrogens with zero attached hydrogens (tertiary/aromatic N) is 1. The molecule has 0 saturated heterocycles. The van der Waals surface area contributed by atoms with Gasteiger partial charge in [0.05, 0.1) is 4.92 Å². The lowest BCUT2D eigenvalue weighted by atomic mass is 10.2. The van der Waals surface area contributed by atoms with Crippen LogP contribution < -0.4 is 5.73 Å². The molecule has 0 radical (unpaired) electrons. The minimum Gasteiger partial charge on any atom is -0.399 e. The quantitative estimate of drug-likeness (QED) is 0.401. The number of hydrogen-bond acceptors (Lipinski definition) is 4. The fraction of sp³-hybridized carbons (Fsp3) is 0.143. The molecule has 0 aromatic heterocycles. The number of nitrogen functional groups attached to an aromatic ring is 1. The van der Waals surface area contributed by atoms with Crippen molar-refractivity contribution < 1.29 is 9.31 Å². The van der Waals surface area contributed by atoms with Crippen LogP contribution in [0.2, 0.25) is 0 Å². The Kier molecular flexibility index (Phi) is 4.24. The van der Waals surface area contributed by atoms with E-state index in [1.165, 1.54) is 23.9 Å². The van der Waals surface area contributed by atoms with Gasteiger partial charge in [-0.05, 0) is 42.8 Å². The second-order valence-corrected chi connectivity index (χ2v) is 5.39. The Balaban J connectivity index is 2.20. The predicted octanol–water partition coefficient (Wildman–Crippen LogP) is 3.92. The molecule has 0 aliphatic rings. The van der Waals surface area contributed by atoms with E-state index in [0.29, 0.717) is 17.0 Å². The van der Waals surface area contributed by atoms with Gasteiger partial charge in [-0.25, -0.2) is 4.39 Å². The Morgan fingerprint density at radius 2 is 2.05 bits per heavy atom. The Hall–Kier alpha value is -2.08. The number of halogens is 1. The molecule has 2 N–H and O–H groups in total. The van der Waals surface area contributed by atoms with Gasteiger partial charge in [0.1, 0.15) is 5.82 Å². The second-order valence-electron chi connectivity index (χ2n) is 4.34. The van der Waals surface area contributed by atoms with Crippen LogP contribution in [0.3, 0.4) is 0 Å². The highest BCUT2D eigenvalue weighted by molar-refractivity contribution is 7.98. The zero-order chi connectivity index (χ0) is 14.7.